The molecule has 0 saturated carbocycles. The third kappa shape index (κ3) is 5.30. The van der Waals surface area contributed by atoms with Gasteiger partial charge < -0.3 is 5.32 Å². The minimum Gasteiger partial charge on any atom is -0.351 e. The highest BCUT2D eigenvalue weighted by Crippen LogP contribution is 2.14. The summed E-state index contributed by atoms with van der Waals surface area (Å²) in [5, 5.41) is 3.04. The third-order valence-electron chi connectivity index (χ3n) is 3.34. The lowest BCUT2D eigenvalue weighted by Gasteiger charge is -2.20. The molecule has 2 rings (SSSR count). The molecule has 1 aromatic heterocycles. The molecule has 0 unspecified atom stereocenters. The Balaban J connectivity index is 1.96. The summed E-state index contributed by atoms with van der Waals surface area (Å²) in [5.41, 5.74) is 1.19. The average Bonchev–Trinajstić information content (AvgIpc) is 2.54. The van der Waals surface area contributed by atoms with Crippen molar-refractivity contribution in [2.45, 2.75) is 6.54 Å². The van der Waals surface area contributed by atoms with Gasteiger partial charge in [-0.2, -0.15) is 4.31 Å². The fourth-order valence-electron chi connectivity index (χ4n) is 2.09. The van der Waals surface area contributed by atoms with Crippen LogP contribution in [0.15, 0.2) is 48.8 Å². The number of benzene rings is 1. The van der Waals surface area contributed by atoms with E-state index in [4.69, 9.17) is 11.6 Å². The van der Waals surface area contributed by atoms with Crippen LogP contribution in [0.3, 0.4) is 0 Å². The van der Waals surface area contributed by atoms with Gasteiger partial charge >= 0.3 is 0 Å². The Hall–Kier alpha value is -1.96. The second-order valence-electron chi connectivity index (χ2n) is 5.19. The number of sulfonamides is 1. The summed E-state index contributed by atoms with van der Waals surface area (Å²) >= 11 is 5.97. The number of carbonyl (C=O) groups excluding carboxylic acids is 1. The van der Waals surface area contributed by atoms with Gasteiger partial charge in [-0.3, -0.25) is 9.78 Å². The maximum atomic E-state index is 12.1. The van der Waals surface area contributed by atoms with E-state index < -0.39 is 10.0 Å². The normalized spacial score (nSPS) is 11.5. The van der Waals surface area contributed by atoms with Gasteiger partial charge in [-0.1, -0.05) is 23.7 Å². The smallest absolute Gasteiger partial charge is 0.252 e. The molecule has 128 valence electrons. The van der Waals surface area contributed by atoms with Crippen molar-refractivity contribution in [3.05, 3.63) is 64.9 Å². The van der Waals surface area contributed by atoms with Gasteiger partial charge in [0, 0.05) is 32.0 Å². The number of amides is 1. The number of aromatic nitrogens is 1. The lowest BCUT2D eigenvalue weighted by molar-refractivity contribution is 0.0951. The zero-order valence-corrected chi connectivity index (χ0v) is 14.7. The Morgan fingerprint density at radius 1 is 1.21 bits per heavy atom. The van der Waals surface area contributed by atoms with Crippen LogP contribution in [0.2, 0.25) is 5.02 Å². The summed E-state index contributed by atoms with van der Waals surface area (Å²) in [5.74, 6) is -0.335. The molecule has 0 bridgehead atoms. The van der Waals surface area contributed by atoms with Crippen molar-refractivity contribution >= 4 is 27.5 Å². The number of hydrogen-bond donors (Lipinski definition) is 1. The molecule has 0 aliphatic carbocycles. The van der Waals surface area contributed by atoms with Gasteiger partial charge in [-0.25, -0.2) is 8.42 Å². The van der Waals surface area contributed by atoms with E-state index in [0.717, 1.165) is 11.8 Å². The first-order valence-corrected chi connectivity index (χ1v) is 9.47. The van der Waals surface area contributed by atoms with Crippen molar-refractivity contribution < 1.29 is 13.2 Å². The molecule has 0 spiro atoms. The van der Waals surface area contributed by atoms with Gasteiger partial charge in [0.25, 0.3) is 5.91 Å². The monoisotopic (exact) mass is 367 g/mol. The Bertz CT molecular complexity index is 797. The highest BCUT2D eigenvalue weighted by molar-refractivity contribution is 7.88. The van der Waals surface area contributed by atoms with Crippen LogP contribution in [0.5, 0.6) is 0 Å². The van der Waals surface area contributed by atoms with E-state index in [1.54, 1.807) is 48.8 Å². The van der Waals surface area contributed by atoms with Crippen molar-refractivity contribution in [3.8, 4) is 0 Å². The van der Waals surface area contributed by atoms with Crippen LogP contribution in [0.4, 0.5) is 0 Å². The molecule has 0 radical (unpaired) electrons. The SMILES string of the molecule is CS(=O)(=O)N(CCNC(=O)c1ccccc1Cl)Cc1ccncc1. The summed E-state index contributed by atoms with van der Waals surface area (Å²) in [6, 6.07) is 10.2. The molecule has 1 N–H and O–H groups in total. The zero-order valence-electron chi connectivity index (χ0n) is 13.1. The summed E-state index contributed by atoms with van der Waals surface area (Å²) in [6.45, 7) is 0.572. The Kier molecular flexibility index (Phi) is 6.30. The number of hydrogen-bond acceptors (Lipinski definition) is 4. The van der Waals surface area contributed by atoms with E-state index >= 15 is 0 Å². The van der Waals surface area contributed by atoms with E-state index in [-0.39, 0.29) is 25.5 Å². The molecule has 2 aromatic rings. The van der Waals surface area contributed by atoms with Crippen molar-refractivity contribution in [3.63, 3.8) is 0 Å². The van der Waals surface area contributed by atoms with Crippen LogP contribution in [-0.2, 0) is 16.6 Å². The van der Waals surface area contributed by atoms with Gasteiger partial charge in [-0.05, 0) is 29.8 Å². The van der Waals surface area contributed by atoms with Crippen LogP contribution < -0.4 is 5.32 Å². The van der Waals surface area contributed by atoms with Gasteiger partial charge in [0.05, 0.1) is 16.8 Å². The van der Waals surface area contributed by atoms with Crippen molar-refractivity contribution in [2.24, 2.45) is 0 Å². The van der Waals surface area contributed by atoms with E-state index in [1.807, 2.05) is 0 Å². The maximum absolute atomic E-state index is 12.1. The molecule has 0 aliphatic rings. The van der Waals surface area contributed by atoms with E-state index in [0.29, 0.717) is 10.6 Å². The molecule has 0 saturated heterocycles. The van der Waals surface area contributed by atoms with Crippen molar-refractivity contribution in [2.75, 3.05) is 19.3 Å². The molecule has 0 aliphatic heterocycles. The lowest BCUT2D eigenvalue weighted by Crippen LogP contribution is -2.37. The third-order valence-corrected chi connectivity index (χ3v) is 4.92. The standard InChI is InChI=1S/C16H18ClN3O3S/c1-24(22,23)20(12-13-6-8-18-9-7-13)11-10-19-16(21)14-4-2-3-5-15(14)17/h2-9H,10-12H2,1H3,(H,19,21). The number of carbonyl (C=O) groups is 1. The molecule has 8 heteroatoms. The van der Waals surface area contributed by atoms with E-state index in [9.17, 15) is 13.2 Å². The van der Waals surface area contributed by atoms with Crippen LogP contribution in [0.25, 0.3) is 0 Å². The fraction of sp³-hybridized carbons (Fsp3) is 0.250. The molecule has 1 heterocycles. The summed E-state index contributed by atoms with van der Waals surface area (Å²) in [6.07, 6.45) is 4.36. The van der Waals surface area contributed by atoms with Gasteiger partial charge in [0.2, 0.25) is 10.0 Å². The Morgan fingerprint density at radius 3 is 2.50 bits per heavy atom. The van der Waals surface area contributed by atoms with Crippen LogP contribution in [0.1, 0.15) is 15.9 Å². The van der Waals surface area contributed by atoms with Gasteiger partial charge in [-0.15, -0.1) is 0 Å². The minimum atomic E-state index is -3.40. The predicted octanol–water partition coefficient (Wildman–Crippen LogP) is 1.93. The first kappa shape index (κ1) is 18.4. The molecule has 0 atom stereocenters. The van der Waals surface area contributed by atoms with E-state index in [1.165, 1.54) is 4.31 Å². The number of halogens is 1. The second kappa shape index (κ2) is 8.23. The first-order chi connectivity index (χ1) is 11.4. The van der Waals surface area contributed by atoms with Gasteiger partial charge in [0.15, 0.2) is 0 Å². The second-order valence-corrected chi connectivity index (χ2v) is 7.58. The fourth-order valence-corrected chi connectivity index (χ4v) is 3.12. The molecule has 1 amide bonds. The quantitative estimate of drug-likeness (QED) is 0.810. The van der Waals surface area contributed by atoms with Crippen molar-refractivity contribution in [1.29, 1.82) is 0 Å². The molecular formula is C16H18ClN3O3S. The number of pyridine rings is 1. The molecule has 0 fully saturated rings. The highest BCUT2D eigenvalue weighted by atomic mass is 35.5. The molecule has 6 nitrogen and oxygen atoms in total. The predicted molar refractivity (Wildman–Crippen MR) is 93.3 cm³/mol. The Labute approximate surface area is 146 Å². The highest BCUT2D eigenvalue weighted by Gasteiger charge is 2.17. The Morgan fingerprint density at radius 2 is 1.88 bits per heavy atom. The molecule has 24 heavy (non-hydrogen) atoms. The summed E-state index contributed by atoms with van der Waals surface area (Å²) < 4.78 is 25.1. The molecule has 1 aromatic carbocycles. The van der Waals surface area contributed by atoms with Crippen molar-refractivity contribution in [1.82, 2.24) is 14.6 Å². The average molecular weight is 368 g/mol. The summed E-state index contributed by atoms with van der Waals surface area (Å²) in [7, 11) is -3.40. The largest absolute Gasteiger partial charge is 0.351 e. The van der Waals surface area contributed by atoms with Crippen LogP contribution in [0, 0.1) is 0 Å². The number of rotatable bonds is 7. The van der Waals surface area contributed by atoms with Gasteiger partial charge in [0.1, 0.15) is 0 Å². The minimum absolute atomic E-state index is 0.164. The number of nitrogens with zero attached hydrogens (tertiary/aromatic N) is 2. The number of nitrogens with one attached hydrogen (secondary N) is 1. The van der Waals surface area contributed by atoms with Crippen LogP contribution in [-0.4, -0.2) is 43.0 Å². The summed E-state index contributed by atoms with van der Waals surface area (Å²) in [4.78, 5) is 16.0. The first-order valence-electron chi connectivity index (χ1n) is 7.24. The van der Waals surface area contributed by atoms with E-state index in [2.05, 4.69) is 10.3 Å². The maximum Gasteiger partial charge on any atom is 0.252 e. The zero-order chi connectivity index (χ0) is 17.6. The molecular weight excluding hydrogens is 350 g/mol. The topological polar surface area (TPSA) is 79.4 Å². The lowest BCUT2D eigenvalue weighted by atomic mass is 10.2. The van der Waals surface area contributed by atoms with Crippen LogP contribution >= 0.6 is 11.6 Å².